The quantitative estimate of drug-likeness (QED) is 0.582. The van der Waals surface area contributed by atoms with Crippen molar-refractivity contribution in [3.05, 3.63) is 71.6 Å². The van der Waals surface area contributed by atoms with Crippen LogP contribution < -0.4 is 0 Å². The molecule has 0 spiro atoms. The predicted octanol–water partition coefficient (Wildman–Crippen LogP) is 3.42. The summed E-state index contributed by atoms with van der Waals surface area (Å²) in [6, 6.07) is 13.4. The number of fused-ring (bicyclic) bond motifs is 1. The molecule has 0 N–H and O–H groups in total. The van der Waals surface area contributed by atoms with Gasteiger partial charge in [-0.2, -0.15) is 4.39 Å². The third kappa shape index (κ3) is 2.48. The molecule has 3 aromatic heterocycles. The lowest BCUT2D eigenvalue weighted by Crippen LogP contribution is -1.88. The zero-order valence-corrected chi connectivity index (χ0v) is 12.4. The highest BCUT2D eigenvalue weighted by Crippen LogP contribution is 2.23. The minimum atomic E-state index is -0.505. The van der Waals surface area contributed by atoms with Crippen molar-refractivity contribution in [1.82, 2.24) is 19.6 Å². The Kier molecular flexibility index (Phi) is 3.15. The first-order valence-corrected chi connectivity index (χ1v) is 7.21. The maximum Gasteiger partial charge on any atom is 0.271 e. The van der Waals surface area contributed by atoms with Crippen molar-refractivity contribution < 1.29 is 8.81 Å². The Hall–Kier alpha value is -3.02. The smallest absolute Gasteiger partial charge is 0.271 e. The fourth-order valence-electron chi connectivity index (χ4n) is 2.44. The van der Waals surface area contributed by atoms with Gasteiger partial charge in [0.05, 0.1) is 6.42 Å². The monoisotopic (exact) mass is 308 g/mol. The van der Waals surface area contributed by atoms with Crippen molar-refractivity contribution in [2.75, 3.05) is 0 Å². The first kappa shape index (κ1) is 13.6. The summed E-state index contributed by atoms with van der Waals surface area (Å²) < 4.78 is 21.4. The molecule has 0 saturated heterocycles. The molecule has 0 radical (unpaired) electrons. The Morgan fingerprint density at radius 1 is 1.13 bits per heavy atom. The van der Waals surface area contributed by atoms with Gasteiger partial charge < -0.3 is 4.42 Å². The molecule has 6 heteroatoms. The molecule has 5 nitrogen and oxygen atoms in total. The predicted molar refractivity (Wildman–Crippen MR) is 82.4 cm³/mol. The van der Waals surface area contributed by atoms with Crippen LogP contribution in [0.25, 0.3) is 17.2 Å². The Morgan fingerprint density at radius 3 is 2.78 bits per heavy atom. The van der Waals surface area contributed by atoms with Crippen molar-refractivity contribution >= 4 is 5.65 Å². The SMILES string of the molecule is Cc1ccn2c(F)c(-c3nnc(Cc4ccccc4)o3)nc2c1. The minimum Gasteiger partial charge on any atom is -0.419 e. The lowest BCUT2D eigenvalue weighted by molar-refractivity contribution is 0.507. The van der Waals surface area contributed by atoms with E-state index in [0.29, 0.717) is 18.0 Å². The minimum absolute atomic E-state index is 0.0717. The maximum absolute atomic E-state index is 14.5. The van der Waals surface area contributed by atoms with Crippen LogP contribution >= 0.6 is 0 Å². The van der Waals surface area contributed by atoms with E-state index in [4.69, 9.17) is 4.42 Å². The molecule has 114 valence electrons. The molecule has 0 atom stereocenters. The van der Waals surface area contributed by atoms with Gasteiger partial charge in [0.25, 0.3) is 5.89 Å². The lowest BCUT2D eigenvalue weighted by Gasteiger charge is -1.95. The molecule has 0 aliphatic heterocycles. The highest BCUT2D eigenvalue weighted by molar-refractivity contribution is 5.55. The number of hydrogen-bond acceptors (Lipinski definition) is 4. The number of halogens is 1. The van der Waals surface area contributed by atoms with Crippen LogP contribution in [0.15, 0.2) is 53.1 Å². The van der Waals surface area contributed by atoms with E-state index < -0.39 is 5.95 Å². The van der Waals surface area contributed by atoms with Crippen LogP contribution in [0, 0.1) is 12.9 Å². The van der Waals surface area contributed by atoms with Crippen molar-refractivity contribution in [1.29, 1.82) is 0 Å². The van der Waals surface area contributed by atoms with Gasteiger partial charge in [-0.05, 0) is 30.2 Å². The van der Waals surface area contributed by atoms with E-state index in [9.17, 15) is 4.39 Å². The second-order valence-electron chi connectivity index (χ2n) is 5.35. The maximum atomic E-state index is 14.5. The van der Waals surface area contributed by atoms with Gasteiger partial charge >= 0.3 is 0 Å². The molecule has 3 heterocycles. The van der Waals surface area contributed by atoms with E-state index in [1.807, 2.05) is 43.3 Å². The molecule has 23 heavy (non-hydrogen) atoms. The van der Waals surface area contributed by atoms with Gasteiger partial charge in [-0.3, -0.25) is 4.40 Å². The third-order valence-electron chi connectivity index (χ3n) is 3.59. The summed E-state index contributed by atoms with van der Waals surface area (Å²) in [5.74, 6) is 0.0172. The fourth-order valence-corrected chi connectivity index (χ4v) is 2.44. The number of hydrogen-bond donors (Lipinski definition) is 0. The molecule has 0 amide bonds. The molecule has 0 aliphatic rings. The Balaban J connectivity index is 1.70. The molecular weight excluding hydrogens is 295 g/mol. The number of rotatable bonds is 3. The molecule has 1 aromatic carbocycles. The zero-order valence-electron chi connectivity index (χ0n) is 12.4. The van der Waals surface area contributed by atoms with Gasteiger partial charge in [0.1, 0.15) is 5.65 Å². The third-order valence-corrected chi connectivity index (χ3v) is 3.59. The van der Waals surface area contributed by atoms with E-state index in [0.717, 1.165) is 11.1 Å². The number of nitrogens with zero attached hydrogens (tertiary/aromatic N) is 4. The first-order valence-electron chi connectivity index (χ1n) is 7.21. The second-order valence-corrected chi connectivity index (χ2v) is 5.35. The van der Waals surface area contributed by atoms with Gasteiger partial charge in [0.2, 0.25) is 11.8 Å². The van der Waals surface area contributed by atoms with Gasteiger partial charge in [-0.1, -0.05) is 30.3 Å². The van der Waals surface area contributed by atoms with Crippen LogP contribution in [0.4, 0.5) is 4.39 Å². The number of pyridine rings is 1. The summed E-state index contributed by atoms with van der Waals surface area (Å²) in [7, 11) is 0. The first-order chi connectivity index (χ1) is 11.2. The van der Waals surface area contributed by atoms with Crippen molar-refractivity contribution in [3.8, 4) is 11.6 Å². The Labute approximate surface area is 131 Å². The Bertz CT molecular complexity index is 975. The number of imidazole rings is 1. The van der Waals surface area contributed by atoms with Crippen LogP contribution in [0.3, 0.4) is 0 Å². The summed E-state index contributed by atoms with van der Waals surface area (Å²) in [6.07, 6.45) is 2.14. The van der Waals surface area contributed by atoms with Crippen LogP contribution in [0.5, 0.6) is 0 Å². The summed E-state index contributed by atoms with van der Waals surface area (Å²) in [6.45, 7) is 1.93. The average molecular weight is 308 g/mol. The molecule has 0 unspecified atom stereocenters. The zero-order chi connectivity index (χ0) is 15.8. The molecule has 0 bridgehead atoms. The molecule has 0 fully saturated rings. The highest BCUT2D eigenvalue weighted by atomic mass is 19.1. The van der Waals surface area contributed by atoms with E-state index in [-0.39, 0.29) is 11.6 Å². The molecule has 4 aromatic rings. The second kappa shape index (κ2) is 5.31. The van der Waals surface area contributed by atoms with Crippen LogP contribution in [-0.2, 0) is 6.42 Å². The number of aryl methyl sites for hydroxylation is 1. The highest BCUT2D eigenvalue weighted by Gasteiger charge is 2.19. The van der Waals surface area contributed by atoms with E-state index in [1.54, 1.807) is 12.3 Å². The molecular formula is C17H13FN4O. The molecule has 0 aliphatic carbocycles. The van der Waals surface area contributed by atoms with Crippen molar-refractivity contribution in [2.45, 2.75) is 13.3 Å². The van der Waals surface area contributed by atoms with E-state index in [1.165, 1.54) is 4.40 Å². The Morgan fingerprint density at radius 2 is 1.96 bits per heavy atom. The fraction of sp³-hybridized carbons (Fsp3) is 0.118. The summed E-state index contributed by atoms with van der Waals surface area (Å²) in [5, 5.41) is 7.91. The molecule has 4 rings (SSSR count). The van der Waals surface area contributed by atoms with Gasteiger partial charge in [0, 0.05) is 6.20 Å². The number of benzene rings is 1. The largest absolute Gasteiger partial charge is 0.419 e. The van der Waals surface area contributed by atoms with E-state index in [2.05, 4.69) is 15.2 Å². The van der Waals surface area contributed by atoms with Crippen LogP contribution in [-0.4, -0.2) is 19.6 Å². The summed E-state index contributed by atoms with van der Waals surface area (Å²) >= 11 is 0. The van der Waals surface area contributed by atoms with Gasteiger partial charge in [0.15, 0.2) is 5.69 Å². The standard InChI is InChI=1S/C17H13FN4O/c1-11-7-8-22-13(9-11)19-15(16(22)18)17-21-20-14(23-17)10-12-5-3-2-4-6-12/h2-9H,10H2,1H3. The van der Waals surface area contributed by atoms with Gasteiger partial charge in [-0.15, -0.1) is 10.2 Å². The summed E-state index contributed by atoms with van der Waals surface area (Å²) in [5.41, 5.74) is 2.64. The lowest BCUT2D eigenvalue weighted by atomic mass is 10.2. The van der Waals surface area contributed by atoms with E-state index >= 15 is 0 Å². The molecule has 0 saturated carbocycles. The van der Waals surface area contributed by atoms with Crippen LogP contribution in [0.2, 0.25) is 0 Å². The van der Waals surface area contributed by atoms with Crippen molar-refractivity contribution in [3.63, 3.8) is 0 Å². The van der Waals surface area contributed by atoms with Crippen molar-refractivity contribution in [2.24, 2.45) is 0 Å². The topological polar surface area (TPSA) is 56.2 Å². The summed E-state index contributed by atoms with van der Waals surface area (Å²) in [4.78, 5) is 4.26. The van der Waals surface area contributed by atoms with Gasteiger partial charge in [-0.25, -0.2) is 4.98 Å². The average Bonchev–Trinajstić information content (AvgIpc) is 3.13. The van der Waals surface area contributed by atoms with Crippen LogP contribution in [0.1, 0.15) is 17.0 Å². The number of aromatic nitrogens is 4. The normalized spacial score (nSPS) is 11.2.